The van der Waals surface area contributed by atoms with E-state index in [1.165, 1.54) is 18.3 Å². The van der Waals surface area contributed by atoms with Crippen molar-refractivity contribution < 1.29 is 36.6 Å². The number of hydrogen-bond acceptors (Lipinski definition) is 6. The zero-order valence-corrected chi connectivity index (χ0v) is 19.6. The minimum Gasteiger partial charge on any atom is -0.444 e. The molecule has 13 heteroatoms. The van der Waals surface area contributed by atoms with E-state index in [-0.39, 0.29) is 16.4 Å². The number of anilines is 1. The van der Waals surface area contributed by atoms with Gasteiger partial charge in [-0.1, -0.05) is 11.6 Å². The Labute approximate surface area is 202 Å². The molecule has 1 aliphatic rings. The molecule has 2 amide bonds. The van der Waals surface area contributed by atoms with Crippen molar-refractivity contribution in [2.24, 2.45) is 4.99 Å². The quantitative estimate of drug-likeness (QED) is 0.569. The van der Waals surface area contributed by atoms with Crippen LogP contribution in [0.3, 0.4) is 0 Å². The average Bonchev–Trinajstić information content (AvgIpc) is 2.73. The van der Waals surface area contributed by atoms with Gasteiger partial charge in [-0.25, -0.2) is 19.2 Å². The first-order valence-electron chi connectivity index (χ1n) is 10.2. The van der Waals surface area contributed by atoms with Crippen LogP contribution in [-0.4, -0.2) is 47.8 Å². The Morgan fingerprint density at radius 2 is 1.86 bits per heavy atom. The number of benzene rings is 1. The number of ether oxygens (including phenoxy) is 2. The van der Waals surface area contributed by atoms with Crippen LogP contribution in [0.5, 0.6) is 0 Å². The highest BCUT2D eigenvalue weighted by Gasteiger charge is 2.59. The van der Waals surface area contributed by atoms with Crippen LogP contribution in [-0.2, 0) is 15.0 Å². The summed E-state index contributed by atoms with van der Waals surface area (Å²) in [7, 11) is 0. The van der Waals surface area contributed by atoms with E-state index in [9.17, 15) is 27.2 Å². The van der Waals surface area contributed by atoms with Crippen molar-refractivity contribution in [2.75, 3.05) is 18.5 Å². The van der Waals surface area contributed by atoms with E-state index in [1.54, 1.807) is 20.8 Å². The predicted octanol–water partition coefficient (Wildman–Crippen LogP) is 4.84. The van der Waals surface area contributed by atoms with E-state index in [0.29, 0.717) is 0 Å². The summed E-state index contributed by atoms with van der Waals surface area (Å²) in [5.41, 5.74) is -5.23. The number of hydrogen-bond donors (Lipinski definition) is 2. The second kappa shape index (κ2) is 9.78. The number of aliphatic imine (C=N–C) groups is 1. The SMILES string of the molecule is CC(C)(C)OC(=O)NC1=NC(c2cc(NC(=O)c3ccc(Cl)cn3)ccc2F)(C(F)(F)F)COC1. The Morgan fingerprint density at radius 3 is 2.46 bits per heavy atom. The maximum absolute atomic E-state index is 14.8. The van der Waals surface area contributed by atoms with Crippen molar-refractivity contribution in [3.63, 3.8) is 0 Å². The van der Waals surface area contributed by atoms with Gasteiger partial charge in [-0.15, -0.1) is 0 Å². The molecular formula is C22H21ClF4N4O4. The molecule has 8 nitrogen and oxygen atoms in total. The van der Waals surface area contributed by atoms with Crippen molar-refractivity contribution in [3.8, 4) is 0 Å². The topological polar surface area (TPSA) is 102 Å². The fraction of sp³-hybridized carbons (Fsp3) is 0.364. The molecule has 0 radical (unpaired) electrons. The van der Waals surface area contributed by atoms with Crippen molar-refractivity contribution in [2.45, 2.75) is 38.1 Å². The molecule has 2 aromatic rings. The lowest BCUT2D eigenvalue weighted by Crippen LogP contribution is -2.52. The molecule has 2 N–H and O–H groups in total. The van der Waals surface area contributed by atoms with E-state index in [4.69, 9.17) is 21.1 Å². The van der Waals surface area contributed by atoms with Crippen LogP contribution in [0.2, 0.25) is 5.02 Å². The van der Waals surface area contributed by atoms with Gasteiger partial charge in [-0.3, -0.25) is 10.1 Å². The third kappa shape index (κ3) is 6.25. The zero-order chi connectivity index (χ0) is 26.0. The van der Waals surface area contributed by atoms with Crippen molar-refractivity contribution in [1.82, 2.24) is 10.3 Å². The zero-order valence-electron chi connectivity index (χ0n) is 18.8. The molecule has 1 aliphatic heterocycles. The van der Waals surface area contributed by atoms with Crippen LogP contribution in [0.15, 0.2) is 41.5 Å². The number of carbonyl (C=O) groups excluding carboxylic acids is 2. The van der Waals surface area contributed by atoms with Gasteiger partial charge in [0.25, 0.3) is 5.91 Å². The fourth-order valence-electron chi connectivity index (χ4n) is 3.14. The standard InChI is InChI=1S/C22H21ClF4N4O4/c1-20(2,3)35-19(33)30-17-10-34-11-21(31-17,22(25,26)27)14-8-13(5-6-15(14)24)29-18(32)16-7-4-12(23)9-28-16/h4-9H,10-11H2,1-3H3,(H,29,32)(H,30,31,33). The molecule has 3 rings (SSSR count). The van der Waals surface area contributed by atoms with E-state index in [0.717, 1.165) is 18.2 Å². The molecule has 188 valence electrons. The average molecular weight is 517 g/mol. The van der Waals surface area contributed by atoms with Crippen LogP contribution in [0.1, 0.15) is 36.8 Å². The summed E-state index contributed by atoms with van der Waals surface area (Å²) in [5, 5.41) is 4.76. The highest BCUT2D eigenvalue weighted by Crippen LogP contribution is 2.45. The molecule has 1 atom stereocenters. The Kier molecular flexibility index (Phi) is 7.37. The highest BCUT2D eigenvalue weighted by atomic mass is 35.5. The van der Waals surface area contributed by atoms with Gasteiger partial charge in [-0.05, 0) is 51.1 Å². The number of alkyl halides is 3. The molecule has 1 unspecified atom stereocenters. The highest BCUT2D eigenvalue weighted by molar-refractivity contribution is 6.30. The lowest BCUT2D eigenvalue weighted by molar-refractivity contribution is -0.206. The second-order valence-electron chi connectivity index (χ2n) is 8.55. The number of halogens is 5. The maximum Gasteiger partial charge on any atom is 0.420 e. The molecule has 1 aromatic heterocycles. The van der Waals surface area contributed by atoms with Gasteiger partial charge in [0.1, 0.15) is 29.6 Å². The van der Waals surface area contributed by atoms with Crippen LogP contribution >= 0.6 is 11.6 Å². The Bertz CT molecular complexity index is 1150. The van der Waals surface area contributed by atoms with Gasteiger partial charge in [0.15, 0.2) is 0 Å². The van der Waals surface area contributed by atoms with Gasteiger partial charge in [0.2, 0.25) is 5.54 Å². The molecule has 0 saturated heterocycles. The van der Waals surface area contributed by atoms with Gasteiger partial charge < -0.3 is 14.8 Å². The first-order valence-corrected chi connectivity index (χ1v) is 10.5. The number of amides is 2. The summed E-state index contributed by atoms with van der Waals surface area (Å²) < 4.78 is 67.9. The molecule has 0 fully saturated rings. The van der Waals surface area contributed by atoms with Crippen LogP contribution in [0.4, 0.5) is 28.0 Å². The van der Waals surface area contributed by atoms with E-state index >= 15 is 0 Å². The van der Waals surface area contributed by atoms with Crippen LogP contribution in [0, 0.1) is 5.82 Å². The van der Waals surface area contributed by atoms with Gasteiger partial charge >= 0.3 is 12.3 Å². The van der Waals surface area contributed by atoms with Crippen LogP contribution in [0.25, 0.3) is 0 Å². The van der Waals surface area contributed by atoms with Gasteiger partial charge in [0.05, 0.1) is 11.6 Å². The third-order valence-electron chi connectivity index (χ3n) is 4.62. The third-order valence-corrected chi connectivity index (χ3v) is 4.84. The number of alkyl carbamates (subject to hydrolysis) is 1. The Hall–Kier alpha value is -3.25. The summed E-state index contributed by atoms with van der Waals surface area (Å²) in [5.74, 6) is -2.49. The number of carbonyl (C=O) groups is 2. The van der Waals surface area contributed by atoms with Gasteiger partial charge in [0, 0.05) is 17.4 Å². The molecule has 35 heavy (non-hydrogen) atoms. The lowest BCUT2D eigenvalue weighted by Gasteiger charge is -2.36. The van der Waals surface area contributed by atoms with E-state index in [2.05, 4.69) is 20.6 Å². The maximum atomic E-state index is 14.8. The first kappa shape index (κ1) is 26.4. The van der Waals surface area contributed by atoms with E-state index in [1.807, 2.05) is 0 Å². The van der Waals surface area contributed by atoms with Crippen molar-refractivity contribution in [1.29, 1.82) is 0 Å². The van der Waals surface area contributed by atoms with Crippen molar-refractivity contribution in [3.05, 3.63) is 58.6 Å². The second-order valence-corrected chi connectivity index (χ2v) is 8.98. The number of pyridine rings is 1. The Balaban J connectivity index is 1.97. The normalized spacial score (nSPS) is 18.5. The largest absolute Gasteiger partial charge is 0.444 e. The summed E-state index contributed by atoms with van der Waals surface area (Å²) in [6.45, 7) is 3.20. The summed E-state index contributed by atoms with van der Waals surface area (Å²) in [6, 6.07) is 5.38. The molecule has 0 saturated carbocycles. The van der Waals surface area contributed by atoms with Crippen molar-refractivity contribution >= 4 is 35.1 Å². The molecule has 0 bridgehead atoms. The number of aromatic nitrogens is 1. The molecule has 2 heterocycles. The number of nitrogens with zero attached hydrogens (tertiary/aromatic N) is 2. The van der Waals surface area contributed by atoms with Crippen LogP contribution < -0.4 is 10.6 Å². The lowest BCUT2D eigenvalue weighted by atomic mass is 9.88. The summed E-state index contributed by atoms with van der Waals surface area (Å²) >= 11 is 5.73. The minimum atomic E-state index is -5.13. The minimum absolute atomic E-state index is 0.0614. The first-order chi connectivity index (χ1) is 16.2. The molecule has 0 aliphatic carbocycles. The van der Waals surface area contributed by atoms with E-state index < -0.39 is 59.7 Å². The Morgan fingerprint density at radius 1 is 1.14 bits per heavy atom. The summed E-state index contributed by atoms with van der Waals surface area (Å²) in [4.78, 5) is 31.9. The molecule has 0 spiro atoms. The molecular weight excluding hydrogens is 496 g/mol. The monoisotopic (exact) mass is 516 g/mol. The molecule has 1 aromatic carbocycles. The smallest absolute Gasteiger partial charge is 0.420 e. The van der Waals surface area contributed by atoms with Gasteiger partial charge in [-0.2, -0.15) is 13.2 Å². The number of nitrogens with one attached hydrogen (secondary N) is 2. The predicted molar refractivity (Wildman–Crippen MR) is 119 cm³/mol. The number of amidine groups is 1. The summed E-state index contributed by atoms with van der Waals surface area (Å²) in [6.07, 6.45) is -4.96. The number of rotatable bonds is 3. The fourth-order valence-corrected chi connectivity index (χ4v) is 3.25.